The molecule has 1 fully saturated rings. The molecule has 0 N–H and O–H groups in total. The Kier molecular flexibility index (Phi) is 5.71. The van der Waals surface area contributed by atoms with Gasteiger partial charge in [-0.1, -0.05) is 12.1 Å². The summed E-state index contributed by atoms with van der Waals surface area (Å²) in [6.07, 6.45) is -3.74. The number of benzene rings is 1. The molecular formula is C19H20F3N3O3. The number of halogens is 3. The summed E-state index contributed by atoms with van der Waals surface area (Å²) in [5.74, 6) is -0.298. The zero-order valence-corrected chi connectivity index (χ0v) is 15.5. The Morgan fingerprint density at radius 3 is 2.75 bits per heavy atom. The molecule has 1 atom stereocenters. The van der Waals surface area contributed by atoms with Gasteiger partial charge in [0.2, 0.25) is 5.95 Å². The van der Waals surface area contributed by atoms with E-state index in [1.165, 1.54) is 25.3 Å². The molecule has 1 saturated heterocycles. The number of carbonyl (C=O) groups is 1. The van der Waals surface area contributed by atoms with Crippen LogP contribution in [0.3, 0.4) is 0 Å². The first kappa shape index (κ1) is 19.9. The lowest BCUT2D eigenvalue weighted by Crippen LogP contribution is -2.25. The molecule has 0 aliphatic carbocycles. The average molecular weight is 395 g/mol. The molecule has 9 heteroatoms. The van der Waals surface area contributed by atoms with E-state index in [9.17, 15) is 18.0 Å². The molecule has 1 aromatic heterocycles. The molecule has 1 aliphatic rings. The minimum Gasteiger partial charge on any atom is -0.493 e. The summed E-state index contributed by atoms with van der Waals surface area (Å²) in [4.78, 5) is 22.2. The van der Waals surface area contributed by atoms with Crippen molar-refractivity contribution in [3.8, 4) is 5.75 Å². The van der Waals surface area contributed by atoms with Gasteiger partial charge in [-0.05, 0) is 31.5 Å². The van der Waals surface area contributed by atoms with Crippen molar-refractivity contribution in [1.29, 1.82) is 0 Å². The third-order valence-electron chi connectivity index (χ3n) is 4.47. The highest BCUT2D eigenvalue weighted by atomic mass is 19.4. The highest BCUT2D eigenvalue weighted by molar-refractivity contribution is 5.87. The normalized spacial score (nSPS) is 16.9. The van der Waals surface area contributed by atoms with E-state index in [0.717, 1.165) is 12.5 Å². The maximum Gasteiger partial charge on any atom is 0.419 e. The van der Waals surface area contributed by atoms with Gasteiger partial charge in [0.05, 0.1) is 19.3 Å². The summed E-state index contributed by atoms with van der Waals surface area (Å²) < 4.78 is 49.3. The number of rotatable bonds is 5. The molecule has 150 valence electrons. The number of nitrogens with zero attached hydrogens (tertiary/aromatic N) is 3. The summed E-state index contributed by atoms with van der Waals surface area (Å²) in [5.41, 5.74) is 0.0163. The van der Waals surface area contributed by atoms with Gasteiger partial charge in [0.25, 0.3) is 0 Å². The van der Waals surface area contributed by atoms with Gasteiger partial charge in [-0.3, -0.25) is 0 Å². The van der Waals surface area contributed by atoms with E-state index in [1.54, 1.807) is 13.0 Å². The number of aromatic nitrogens is 2. The van der Waals surface area contributed by atoms with Gasteiger partial charge in [0.15, 0.2) is 5.69 Å². The molecule has 2 heterocycles. The van der Waals surface area contributed by atoms with Gasteiger partial charge >= 0.3 is 12.1 Å². The minimum absolute atomic E-state index is 0.0204. The van der Waals surface area contributed by atoms with E-state index >= 15 is 0 Å². The van der Waals surface area contributed by atoms with E-state index in [2.05, 4.69) is 9.97 Å². The quantitative estimate of drug-likeness (QED) is 0.722. The molecule has 0 spiro atoms. The summed E-state index contributed by atoms with van der Waals surface area (Å²) in [6, 6.07) is 6.72. The molecule has 1 aliphatic heterocycles. The second-order valence-electron chi connectivity index (χ2n) is 6.59. The lowest BCUT2D eigenvalue weighted by Gasteiger charge is -2.18. The summed E-state index contributed by atoms with van der Waals surface area (Å²) in [7, 11) is 1.28. The highest BCUT2D eigenvalue weighted by Crippen LogP contribution is 2.36. The Morgan fingerprint density at radius 2 is 2.04 bits per heavy atom. The Labute approximate surface area is 160 Å². The summed E-state index contributed by atoms with van der Waals surface area (Å²) in [6.45, 7) is 3.05. The van der Waals surface area contributed by atoms with E-state index in [-0.39, 0.29) is 24.0 Å². The smallest absolute Gasteiger partial charge is 0.419 e. The number of esters is 1. The van der Waals surface area contributed by atoms with Crippen LogP contribution in [0.1, 0.15) is 28.2 Å². The molecule has 1 unspecified atom stereocenters. The highest BCUT2D eigenvalue weighted by Gasteiger charge is 2.34. The monoisotopic (exact) mass is 395 g/mol. The number of ether oxygens (including phenoxy) is 2. The standard InChI is InChI=1S/C19H20F3N3O3/c1-12-9-15(17(26)27-2)24-18(23-12)25-8-7-13(10-25)11-28-16-6-4-3-5-14(16)19(20,21)22/h3-6,9,13H,7-8,10-11H2,1-2H3. The minimum atomic E-state index is -4.46. The van der Waals surface area contributed by atoms with E-state index in [0.29, 0.717) is 24.7 Å². The van der Waals surface area contributed by atoms with Crippen LogP contribution in [-0.2, 0) is 10.9 Å². The fourth-order valence-electron chi connectivity index (χ4n) is 3.09. The Hall–Kier alpha value is -2.84. The van der Waals surface area contributed by atoms with Crippen molar-refractivity contribution in [1.82, 2.24) is 9.97 Å². The van der Waals surface area contributed by atoms with E-state index in [4.69, 9.17) is 9.47 Å². The van der Waals surface area contributed by atoms with Gasteiger partial charge in [-0.25, -0.2) is 14.8 Å². The van der Waals surface area contributed by atoms with Crippen molar-refractivity contribution >= 4 is 11.9 Å². The molecule has 6 nitrogen and oxygen atoms in total. The van der Waals surface area contributed by atoms with Crippen LogP contribution in [0.15, 0.2) is 30.3 Å². The molecular weight excluding hydrogens is 375 g/mol. The molecule has 0 saturated carbocycles. The summed E-state index contributed by atoms with van der Waals surface area (Å²) >= 11 is 0. The number of anilines is 1. The second kappa shape index (κ2) is 8.04. The number of para-hydroxylation sites is 1. The van der Waals surface area contributed by atoms with Crippen LogP contribution in [0, 0.1) is 12.8 Å². The Balaban J connectivity index is 1.66. The van der Waals surface area contributed by atoms with Gasteiger partial charge < -0.3 is 14.4 Å². The van der Waals surface area contributed by atoms with Crippen LogP contribution in [0.2, 0.25) is 0 Å². The van der Waals surface area contributed by atoms with Crippen LogP contribution >= 0.6 is 0 Å². The molecule has 2 aromatic rings. The van der Waals surface area contributed by atoms with Gasteiger partial charge in [-0.15, -0.1) is 0 Å². The maximum atomic E-state index is 13.1. The topological polar surface area (TPSA) is 64.5 Å². The van der Waals surface area contributed by atoms with Crippen molar-refractivity contribution in [2.45, 2.75) is 19.5 Å². The number of carbonyl (C=O) groups excluding carboxylic acids is 1. The molecule has 0 bridgehead atoms. The van der Waals surface area contributed by atoms with Crippen LogP contribution in [-0.4, -0.2) is 42.7 Å². The lowest BCUT2D eigenvalue weighted by molar-refractivity contribution is -0.139. The van der Waals surface area contributed by atoms with Crippen molar-refractivity contribution in [3.63, 3.8) is 0 Å². The van der Waals surface area contributed by atoms with Crippen LogP contribution < -0.4 is 9.64 Å². The number of hydrogen-bond acceptors (Lipinski definition) is 6. The van der Waals surface area contributed by atoms with Gasteiger partial charge in [-0.2, -0.15) is 13.2 Å². The number of methoxy groups -OCH3 is 1. The first-order valence-corrected chi connectivity index (χ1v) is 8.76. The molecule has 28 heavy (non-hydrogen) atoms. The molecule has 0 amide bonds. The van der Waals surface area contributed by atoms with E-state index < -0.39 is 17.7 Å². The fraction of sp³-hybridized carbons (Fsp3) is 0.421. The predicted octanol–water partition coefficient (Wildman–Crippen LogP) is 3.50. The van der Waals surface area contributed by atoms with Crippen LogP contribution in [0.5, 0.6) is 5.75 Å². The van der Waals surface area contributed by atoms with Crippen molar-refractivity contribution in [2.24, 2.45) is 5.92 Å². The summed E-state index contributed by atoms with van der Waals surface area (Å²) in [5, 5.41) is 0. The number of hydrogen-bond donors (Lipinski definition) is 0. The van der Waals surface area contributed by atoms with Gasteiger partial charge in [0, 0.05) is 24.7 Å². The zero-order valence-electron chi connectivity index (χ0n) is 15.5. The predicted molar refractivity (Wildman–Crippen MR) is 95.4 cm³/mol. The van der Waals surface area contributed by atoms with Gasteiger partial charge in [0.1, 0.15) is 5.75 Å². The lowest BCUT2D eigenvalue weighted by atomic mass is 10.1. The van der Waals surface area contributed by atoms with Crippen molar-refractivity contribution in [3.05, 3.63) is 47.3 Å². The van der Waals surface area contributed by atoms with Crippen molar-refractivity contribution < 1.29 is 27.4 Å². The average Bonchev–Trinajstić information content (AvgIpc) is 3.14. The molecule has 0 radical (unpaired) electrons. The fourth-order valence-corrected chi connectivity index (χ4v) is 3.09. The molecule has 3 rings (SSSR count). The largest absolute Gasteiger partial charge is 0.493 e. The number of aryl methyl sites for hydroxylation is 1. The van der Waals surface area contributed by atoms with E-state index in [1.807, 2.05) is 4.90 Å². The SMILES string of the molecule is COC(=O)c1cc(C)nc(N2CCC(COc3ccccc3C(F)(F)F)C2)n1. The maximum absolute atomic E-state index is 13.1. The third kappa shape index (κ3) is 4.52. The third-order valence-corrected chi connectivity index (χ3v) is 4.47. The Morgan fingerprint density at radius 1 is 1.29 bits per heavy atom. The van der Waals surface area contributed by atoms with Crippen LogP contribution in [0.4, 0.5) is 19.1 Å². The van der Waals surface area contributed by atoms with Crippen molar-refractivity contribution in [2.75, 3.05) is 31.7 Å². The second-order valence-corrected chi connectivity index (χ2v) is 6.59. The number of alkyl halides is 3. The first-order chi connectivity index (χ1) is 13.3. The molecule has 1 aromatic carbocycles. The van der Waals surface area contributed by atoms with Crippen LogP contribution in [0.25, 0.3) is 0 Å². The Bertz CT molecular complexity index is 858. The zero-order chi connectivity index (χ0) is 20.3. The first-order valence-electron chi connectivity index (χ1n) is 8.76.